The molecule has 7 heteroatoms. The van der Waals surface area contributed by atoms with E-state index >= 15 is 0 Å². The molecule has 3 aromatic rings. The van der Waals surface area contributed by atoms with Gasteiger partial charge in [0.15, 0.2) is 0 Å². The third kappa shape index (κ3) is 4.58. The van der Waals surface area contributed by atoms with Gasteiger partial charge < -0.3 is 10.6 Å². The van der Waals surface area contributed by atoms with Gasteiger partial charge in [-0.15, -0.1) is 6.42 Å². The molecule has 0 aliphatic heterocycles. The molecule has 3 rings (SSSR count). The zero-order chi connectivity index (χ0) is 19.1. The van der Waals surface area contributed by atoms with Gasteiger partial charge in [-0.1, -0.05) is 30.2 Å². The molecular weight excluding hydrogens is 342 g/mol. The van der Waals surface area contributed by atoms with Crippen molar-refractivity contribution in [3.63, 3.8) is 0 Å². The quantitative estimate of drug-likeness (QED) is 0.658. The number of terminal acetylenes is 1. The SMILES string of the molecule is C#CCNC(=O)c1ccccc1NC(=O)c1ccc(Cn2cncn2)cc1. The van der Waals surface area contributed by atoms with E-state index in [1.165, 1.54) is 6.33 Å². The number of anilines is 1. The maximum absolute atomic E-state index is 12.5. The Bertz CT molecular complexity index is 972. The van der Waals surface area contributed by atoms with E-state index < -0.39 is 0 Å². The number of rotatable bonds is 6. The van der Waals surface area contributed by atoms with E-state index in [4.69, 9.17) is 6.42 Å². The van der Waals surface area contributed by atoms with Gasteiger partial charge in [0.2, 0.25) is 0 Å². The molecule has 0 spiro atoms. The van der Waals surface area contributed by atoms with Crippen LogP contribution in [-0.4, -0.2) is 33.1 Å². The van der Waals surface area contributed by atoms with Crippen LogP contribution in [0.5, 0.6) is 0 Å². The molecule has 27 heavy (non-hydrogen) atoms. The van der Waals surface area contributed by atoms with Crippen molar-refractivity contribution in [2.75, 3.05) is 11.9 Å². The van der Waals surface area contributed by atoms with Crippen LogP contribution < -0.4 is 10.6 Å². The van der Waals surface area contributed by atoms with Crippen molar-refractivity contribution in [2.24, 2.45) is 0 Å². The second-order valence-electron chi connectivity index (χ2n) is 5.68. The fourth-order valence-electron chi connectivity index (χ4n) is 2.47. The summed E-state index contributed by atoms with van der Waals surface area (Å²) in [6, 6.07) is 13.9. The third-order valence-electron chi connectivity index (χ3n) is 3.80. The molecule has 2 aromatic carbocycles. The average molecular weight is 359 g/mol. The fourth-order valence-corrected chi connectivity index (χ4v) is 2.47. The van der Waals surface area contributed by atoms with Gasteiger partial charge in [0.1, 0.15) is 12.7 Å². The largest absolute Gasteiger partial charge is 0.341 e. The lowest BCUT2D eigenvalue weighted by atomic mass is 10.1. The molecule has 0 fully saturated rings. The molecule has 0 bridgehead atoms. The molecule has 1 heterocycles. The first-order valence-corrected chi connectivity index (χ1v) is 8.21. The van der Waals surface area contributed by atoms with Gasteiger partial charge in [-0.2, -0.15) is 5.10 Å². The highest BCUT2D eigenvalue weighted by Gasteiger charge is 2.13. The summed E-state index contributed by atoms with van der Waals surface area (Å²) in [5, 5.41) is 9.41. The molecule has 1 aromatic heterocycles. The maximum Gasteiger partial charge on any atom is 0.255 e. The summed E-state index contributed by atoms with van der Waals surface area (Å²) in [6.45, 7) is 0.689. The molecule has 7 nitrogen and oxygen atoms in total. The number of carbonyl (C=O) groups is 2. The van der Waals surface area contributed by atoms with Crippen LogP contribution >= 0.6 is 0 Å². The summed E-state index contributed by atoms with van der Waals surface area (Å²) < 4.78 is 1.69. The Morgan fingerprint density at radius 1 is 1.07 bits per heavy atom. The van der Waals surface area contributed by atoms with Gasteiger partial charge in [0, 0.05) is 5.56 Å². The Kier molecular flexibility index (Phi) is 5.60. The Labute approximate surface area is 156 Å². The molecule has 0 aliphatic carbocycles. The fraction of sp³-hybridized carbons (Fsp3) is 0.100. The molecule has 134 valence electrons. The normalized spacial score (nSPS) is 10.0. The molecule has 0 atom stereocenters. The van der Waals surface area contributed by atoms with Crippen molar-refractivity contribution < 1.29 is 9.59 Å². The monoisotopic (exact) mass is 359 g/mol. The minimum Gasteiger partial charge on any atom is -0.341 e. The lowest BCUT2D eigenvalue weighted by molar-refractivity contribution is 0.0959. The number of aromatic nitrogens is 3. The summed E-state index contributed by atoms with van der Waals surface area (Å²) in [6.07, 6.45) is 8.26. The van der Waals surface area contributed by atoms with Crippen molar-refractivity contribution in [1.82, 2.24) is 20.1 Å². The predicted octanol–water partition coefficient (Wildman–Crippen LogP) is 1.94. The second-order valence-corrected chi connectivity index (χ2v) is 5.68. The van der Waals surface area contributed by atoms with Crippen LogP contribution in [-0.2, 0) is 6.54 Å². The Morgan fingerprint density at radius 3 is 2.56 bits per heavy atom. The zero-order valence-electron chi connectivity index (χ0n) is 14.4. The van der Waals surface area contributed by atoms with E-state index in [9.17, 15) is 9.59 Å². The highest BCUT2D eigenvalue weighted by Crippen LogP contribution is 2.16. The van der Waals surface area contributed by atoms with Gasteiger partial charge in [-0.3, -0.25) is 9.59 Å². The summed E-state index contributed by atoms with van der Waals surface area (Å²) in [7, 11) is 0. The maximum atomic E-state index is 12.5. The standard InChI is InChI=1S/C20H17N5O2/c1-2-11-22-20(27)17-5-3-4-6-18(17)24-19(26)16-9-7-15(8-10-16)12-25-14-21-13-23-25/h1,3-10,13-14H,11-12H2,(H,22,27)(H,24,26). The average Bonchev–Trinajstić information content (AvgIpc) is 3.20. The van der Waals surface area contributed by atoms with Crippen molar-refractivity contribution in [2.45, 2.75) is 6.54 Å². The number of hydrogen-bond donors (Lipinski definition) is 2. The molecule has 0 aliphatic rings. The van der Waals surface area contributed by atoms with Gasteiger partial charge in [-0.05, 0) is 29.8 Å². The number of benzene rings is 2. The molecule has 0 saturated heterocycles. The lowest BCUT2D eigenvalue weighted by Gasteiger charge is -2.11. The van der Waals surface area contributed by atoms with E-state index in [0.717, 1.165) is 5.56 Å². The minimum absolute atomic E-state index is 0.119. The highest BCUT2D eigenvalue weighted by molar-refractivity contribution is 6.09. The van der Waals surface area contributed by atoms with Crippen LogP contribution in [0.4, 0.5) is 5.69 Å². The van der Waals surface area contributed by atoms with E-state index in [1.54, 1.807) is 47.4 Å². The summed E-state index contributed by atoms with van der Waals surface area (Å²) in [5.41, 5.74) is 2.25. The highest BCUT2D eigenvalue weighted by atomic mass is 16.2. The number of amides is 2. The van der Waals surface area contributed by atoms with Crippen molar-refractivity contribution in [3.8, 4) is 12.3 Å². The number of nitrogens with one attached hydrogen (secondary N) is 2. The van der Waals surface area contributed by atoms with Crippen LogP contribution in [0.25, 0.3) is 0 Å². The van der Waals surface area contributed by atoms with Crippen LogP contribution in [0.1, 0.15) is 26.3 Å². The molecular formula is C20H17N5O2. The molecule has 2 N–H and O–H groups in total. The Balaban J connectivity index is 1.70. The Hall–Kier alpha value is -3.92. The van der Waals surface area contributed by atoms with E-state index in [1.807, 2.05) is 12.1 Å². The first-order valence-electron chi connectivity index (χ1n) is 8.21. The molecule has 0 radical (unpaired) electrons. The van der Waals surface area contributed by atoms with E-state index in [-0.39, 0.29) is 18.4 Å². The van der Waals surface area contributed by atoms with Crippen LogP contribution in [0.15, 0.2) is 61.2 Å². The number of hydrogen-bond acceptors (Lipinski definition) is 4. The molecule has 0 saturated carbocycles. The van der Waals surface area contributed by atoms with Gasteiger partial charge in [0.25, 0.3) is 11.8 Å². The van der Waals surface area contributed by atoms with Crippen LogP contribution in [0.3, 0.4) is 0 Å². The number of carbonyl (C=O) groups excluding carboxylic acids is 2. The van der Waals surface area contributed by atoms with E-state index in [2.05, 4.69) is 26.6 Å². The molecule has 2 amide bonds. The van der Waals surface area contributed by atoms with Crippen LogP contribution in [0, 0.1) is 12.3 Å². The van der Waals surface area contributed by atoms with Crippen molar-refractivity contribution in [1.29, 1.82) is 0 Å². The summed E-state index contributed by atoms with van der Waals surface area (Å²) in [5.74, 6) is 1.70. The number of nitrogens with zero attached hydrogens (tertiary/aromatic N) is 3. The lowest BCUT2D eigenvalue weighted by Crippen LogP contribution is -2.25. The van der Waals surface area contributed by atoms with Gasteiger partial charge >= 0.3 is 0 Å². The predicted molar refractivity (Wildman–Crippen MR) is 101 cm³/mol. The summed E-state index contributed by atoms with van der Waals surface area (Å²) >= 11 is 0. The second kappa shape index (κ2) is 8.45. The first-order chi connectivity index (χ1) is 13.2. The topological polar surface area (TPSA) is 88.9 Å². The minimum atomic E-state index is -0.341. The first kappa shape index (κ1) is 17.9. The van der Waals surface area contributed by atoms with Gasteiger partial charge in [-0.25, -0.2) is 9.67 Å². The summed E-state index contributed by atoms with van der Waals surface area (Å²) in [4.78, 5) is 28.6. The van der Waals surface area contributed by atoms with E-state index in [0.29, 0.717) is 23.4 Å². The third-order valence-corrected chi connectivity index (χ3v) is 3.80. The van der Waals surface area contributed by atoms with Crippen molar-refractivity contribution >= 4 is 17.5 Å². The zero-order valence-corrected chi connectivity index (χ0v) is 14.4. The van der Waals surface area contributed by atoms with Gasteiger partial charge in [0.05, 0.1) is 24.3 Å². The van der Waals surface area contributed by atoms with Crippen LogP contribution in [0.2, 0.25) is 0 Å². The Morgan fingerprint density at radius 2 is 1.85 bits per heavy atom. The van der Waals surface area contributed by atoms with Crippen molar-refractivity contribution in [3.05, 3.63) is 77.9 Å². The number of para-hydroxylation sites is 1. The smallest absolute Gasteiger partial charge is 0.255 e. The molecule has 0 unspecified atom stereocenters.